The van der Waals surface area contributed by atoms with Gasteiger partial charge >= 0.3 is 0 Å². The zero-order valence-corrected chi connectivity index (χ0v) is 9.70. The summed E-state index contributed by atoms with van der Waals surface area (Å²) in [5.74, 6) is 0.600. The average molecular weight is 218 g/mol. The molecule has 2 nitrogen and oxygen atoms in total. The van der Waals surface area contributed by atoms with E-state index in [0.717, 1.165) is 43.2 Å². The molecule has 0 spiro atoms. The van der Waals surface area contributed by atoms with Gasteiger partial charge in [0, 0.05) is 11.5 Å². The number of phenols is 1. The number of carbonyl (C=O) groups is 1. The number of fused-ring (bicyclic) bond motifs is 1. The molecule has 16 heavy (non-hydrogen) atoms. The van der Waals surface area contributed by atoms with Gasteiger partial charge in [0.1, 0.15) is 5.75 Å². The van der Waals surface area contributed by atoms with E-state index >= 15 is 0 Å². The fourth-order valence-electron chi connectivity index (χ4n) is 2.42. The molecule has 0 radical (unpaired) electrons. The highest BCUT2D eigenvalue weighted by Gasteiger charge is 2.26. The van der Waals surface area contributed by atoms with Crippen LogP contribution in [0.3, 0.4) is 0 Å². The van der Waals surface area contributed by atoms with E-state index in [1.54, 1.807) is 12.1 Å². The monoisotopic (exact) mass is 218 g/mol. The first-order valence-electron chi connectivity index (χ1n) is 6.08. The molecule has 0 heterocycles. The predicted octanol–water partition coefficient (Wildman–Crippen LogP) is 3.33. The highest BCUT2D eigenvalue weighted by atomic mass is 16.3. The Morgan fingerprint density at radius 2 is 2.25 bits per heavy atom. The van der Waals surface area contributed by atoms with E-state index in [1.807, 2.05) is 6.07 Å². The Morgan fingerprint density at radius 3 is 3.00 bits per heavy atom. The van der Waals surface area contributed by atoms with Crippen molar-refractivity contribution in [3.05, 3.63) is 29.3 Å². The molecule has 86 valence electrons. The van der Waals surface area contributed by atoms with E-state index < -0.39 is 0 Å². The molecule has 0 bridgehead atoms. The number of rotatable bonds is 3. The topological polar surface area (TPSA) is 37.3 Å². The molecule has 1 N–H and O–H groups in total. The van der Waals surface area contributed by atoms with E-state index in [4.69, 9.17) is 0 Å². The molecule has 1 atom stereocenters. The van der Waals surface area contributed by atoms with Crippen molar-refractivity contribution in [2.45, 2.75) is 39.0 Å². The number of aromatic hydroxyl groups is 1. The molecule has 0 saturated carbocycles. The summed E-state index contributed by atoms with van der Waals surface area (Å²) in [6.07, 6.45) is 5.18. The Labute approximate surface area is 96.3 Å². The van der Waals surface area contributed by atoms with Gasteiger partial charge in [0.15, 0.2) is 5.78 Å². The van der Waals surface area contributed by atoms with Crippen LogP contribution in [0.4, 0.5) is 0 Å². The molecule has 1 aliphatic carbocycles. The van der Waals surface area contributed by atoms with Crippen molar-refractivity contribution in [3.63, 3.8) is 0 Å². The van der Waals surface area contributed by atoms with Crippen LogP contribution < -0.4 is 0 Å². The lowest BCUT2D eigenvalue weighted by molar-refractivity contribution is 0.0892. The molecular formula is C14H18O2. The second-order valence-corrected chi connectivity index (χ2v) is 4.58. The van der Waals surface area contributed by atoms with E-state index in [0.29, 0.717) is 0 Å². The van der Waals surface area contributed by atoms with Crippen LogP contribution in [-0.4, -0.2) is 10.9 Å². The summed E-state index contributed by atoms with van der Waals surface area (Å²) in [5.41, 5.74) is 1.84. The van der Waals surface area contributed by atoms with Crippen molar-refractivity contribution in [2.24, 2.45) is 5.92 Å². The van der Waals surface area contributed by atoms with Crippen LogP contribution in [0, 0.1) is 5.92 Å². The minimum atomic E-state index is 0.175. The molecule has 0 saturated heterocycles. The second kappa shape index (κ2) is 4.69. The Hall–Kier alpha value is -1.31. The molecule has 1 aromatic rings. The SMILES string of the molecule is CCCCC1CCc2ccc(O)cc2C1=O. The second-order valence-electron chi connectivity index (χ2n) is 4.58. The van der Waals surface area contributed by atoms with Gasteiger partial charge in [-0.25, -0.2) is 0 Å². The van der Waals surface area contributed by atoms with Crippen molar-refractivity contribution in [2.75, 3.05) is 0 Å². The van der Waals surface area contributed by atoms with E-state index in [-0.39, 0.29) is 17.5 Å². The molecule has 1 aliphatic rings. The first-order chi connectivity index (χ1) is 7.72. The van der Waals surface area contributed by atoms with Crippen molar-refractivity contribution in [1.29, 1.82) is 0 Å². The Kier molecular flexibility index (Phi) is 3.28. The number of phenolic OH excluding ortho intramolecular Hbond substituents is 1. The highest BCUT2D eigenvalue weighted by Crippen LogP contribution is 2.30. The lowest BCUT2D eigenvalue weighted by atomic mass is 9.80. The van der Waals surface area contributed by atoms with Gasteiger partial charge in [-0.05, 0) is 37.0 Å². The third-order valence-electron chi connectivity index (χ3n) is 3.40. The van der Waals surface area contributed by atoms with Crippen LogP contribution in [-0.2, 0) is 6.42 Å². The summed E-state index contributed by atoms with van der Waals surface area (Å²) < 4.78 is 0. The number of aryl methyl sites for hydroxylation is 1. The summed E-state index contributed by atoms with van der Waals surface area (Å²) in [6.45, 7) is 2.15. The van der Waals surface area contributed by atoms with E-state index in [9.17, 15) is 9.90 Å². The normalized spacial score (nSPS) is 19.6. The zero-order chi connectivity index (χ0) is 11.5. The molecule has 0 aromatic heterocycles. The maximum Gasteiger partial charge on any atom is 0.166 e. The zero-order valence-electron chi connectivity index (χ0n) is 9.70. The molecule has 0 amide bonds. The average Bonchev–Trinajstić information content (AvgIpc) is 2.29. The summed E-state index contributed by atoms with van der Waals surface area (Å²) in [5, 5.41) is 9.42. The van der Waals surface area contributed by atoms with Crippen molar-refractivity contribution >= 4 is 5.78 Å². The Morgan fingerprint density at radius 1 is 1.44 bits per heavy atom. The van der Waals surface area contributed by atoms with Gasteiger partial charge in [-0.1, -0.05) is 25.8 Å². The number of carbonyl (C=O) groups excluding carboxylic acids is 1. The van der Waals surface area contributed by atoms with Gasteiger partial charge in [-0.3, -0.25) is 4.79 Å². The van der Waals surface area contributed by atoms with Crippen molar-refractivity contribution < 1.29 is 9.90 Å². The number of unbranched alkanes of at least 4 members (excludes halogenated alkanes) is 1. The number of Topliss-reactive ketones (excluding diaryl/α,β-unsaturated/α-hetero) is 1. The van der Waals surface area contributed by atoms with Crippen LogP contribution in [0.5, 0.6) is 5.75 Å². The van der Waals surface area contributed by atoms with Crippen LogP contribution in [0.2, 0.25) is 0 Å². The van der Waals surface area contributed by atoms with Crippen LogP contribution in [0.1, 0.15) is 48.5 Å². The van der Waals surface area contributed by atoms with Gasteiger partial charge in [0.2, 0.25) is 0 Å². The molecule has 1 aromatic carbocycles. The van der Waals surface area contributed by atoms with Gasteiger partial charge < -0.3 is 5.11 Å². The van der Waals surface area contributed by atoms with Gasteiger partial charge in [-0.2, -0.15) is 0 Å². The van der Waals surface area contributed by atoms with Crippen molar-refractivity contribution in [3.8, 4) is 5.75 Å². The first kappa shape index (κ1) is 11.2. The number of benzene rings is 1. The minimum absolute atomic E-state index is 0.175. The summed E-state index contributed by atoms with van der Waals surface area (Å²) in [4.78, 5) is 12.2. The van der Waals surface area contributed by atoms with Crippen molar-refractivity contribution in [1.82, 2.24) is 0 Å². The fourth-order valence-corrected chi connectivity index (χ4v) is 2.42. The van der Waals surface area contributed by atoms with E-state index in [2.05, 4.69) is 6.92 Å². The first-order valence-corrected chi connectivity index (χ1v) is 6.08. The number of hydrogen-bond acceptors (Lipinski definition) is 2. The Bertz CT molecular complexity index is 396. The molecule has 0 aliphatic heterocycles. The molecule has 0 fully saturated rings. The molecule has 2 rings (SSSR count). The molecule has 1 unspecified atom stereocenters. The molecule has 2 heteroatoms. The van der Waals surface area contributed by atoms with Crippen LogP contribution in [0.15, 0.2) is 18.2 Å². The van der Waals surface area contributed by atoms with Crippen LogP contribution in [0.25, 0.3) is 0 Å². The number of ketones is 1. The van der Waals surface area contributed by atoms with Crippen LogP contribution >= 0.6 is 0 Å². The lowest BCUT2D eigenvalue weighted by Gasteiger charge is -2.23. The maximum absolute atomic E-state index is 12.2. The van der Waals surface area contributed by atoms with Gasteiger partial charge in [0.25, 0.3) is 0 Å². The maximum atomic E-state index is 12.2. The summed E-state index contributed by atoms with van der Waals surface area (Å²) in [7, 11) is 0. The number of hydrogen-bond donors (Lipinski definition) is 1. The standard InChI is InChI=1S/C14H18O2/c1-2-3-4-11-6-5-10-7-8-12(15)9-13(10)14(11)16/h7-9,11,15H,2-6H2,1H3. The smallest absolute Gasteiger partial charge is 0.166 e. The third kappa shape index (κ3) is 2.11. The molecular weight excluding hydrogens is 200 g/mol. The van der Waals surface area contributed by atoms with Gasteiger partial charge in [0.05, 0.1) is 0 Å². The third-order valence-corrected chi connectivity index (χ3v) is 3.40. The lowest BCUT2D eigenvalue weighted by Crippen LogP contribution is -2.22. The largest absolute Gasteiger partial charge is 0.508 e. The van der Waals surface area contributed by atoms with Gasteiger partial charge in [-0.15, -0.1) is 0 Å². The quantitative estimate of drug-likeness (QED) is 0.845. The van der Waals surface area contributed by atoms with E-state index in [1.165, 1.54) is 0 Å². The summed E-state index contributed by atoms with van der Waals surface area (Å²) in [6, 6.07) is 5.16. The Balaban J connectivity index is 2.20. The summed E-state index contributed by atoms with van der Waals surface area (Å²) >= 11 is 0. The minimum Gasteiger partial charge on any atom is -0.508 e. The highest BCUT2D eigenvalue weighted by molar-refractivity contribution is 6.00. The fraction of sp³-hybridized carbons (Fsp3) is 0.500. The predicted molar refractivity (Wildman–Crippen MR) is 63.8 cm³/mol.